The number of sulfone groups is 1. The molecule has 8 heteroatoms. The number of hydrogen-bond donors (Lipinski definition) is 0. The van der Waals surface area contributed by atoms with Gasteiger partial charge in [-0.3, -0.25) is 4.79 Å². The summed E-state index contributed by atoms with van der Waals surface area (Å²) in [5.41, 5.74) is 0.759. The monoisotopic (exact) mass is 454 g/mol. The first-order valence-corrected chi connectivity index (χ1v) is 15.7. The molecule has 0 radical (unpaired) electrons. The maximum atomic E-state index is 12.6. The van der Waals surface area contributed by atoms with E-state index in [4.69, 9.17) is 9.47 Å². The summed E-state index contributed by atoms with van der Waals surface area (Å²) in [6.07, 6.45) is 0.523. The summed E-state index contributed by atoms with van der Waals surface area (Å²) in [7, 11) is -4.90. The topological polar surface area (TPSA) is 86.7 Å². The lowest BCUT2D eigenvalue weighted by Gasteiger charge is -2.25. The summed E-state index contributed by atoms with van der Waals surface area (Å²) in [5, 5.41) is -1.06. The van der Waals surface area contributed by atoms with Crippen LogP contribution in [0.25, 0.3) is 0 Å². The second kappa shape index (κ2) is 11.0. The van der Waals surface area contributed by atoms with Crippen LogP contribution in [0.5, 0.6) is 0 Å². The quantitative estimate of drug-likeness (QED) is 0.282. The van der Waals surface area contributed by atoms with E-state index in [2.05, 4.69) is 19.6 Å². The third-order valence-electron chi connectivity index (χ3n) is 4.74. The number of benzene rings is 1. The number of Topliss-reactive ketones (excluding diaryl/α,β-unsaturated/α-hetero) is 1. The van der Waals surface area contributed by atoms with Gasteiger partial charge >= 0.3 is 5.97 Å². The number of carbonyl (C=O) groups is 2. The molecule has 0 saturated heterocycles. The summed E-state index contributed by atoms with van der Waals surface area (Å²) < 4.78 is 36.1. The highest BCUT2D eigenvalue weighted by Crippen LogP contribution is 2.25. The molecule has 0 aliphatic heterocycles. The normalized spacial score (nSPS) is 15.2. The van der Waals surface area contributed by atoms with E-state index in [0.29, 0.717) is 17.7 Å². The summed E-state index contributed by atoms with van der Waals surface area (Å²) in [5.74, 6) is -0.720. The molecule has 30 heavy (non-hydrogen) atoms. The number of carbonyl (C=O) groups excluding carboxylic acids is 2. The van der Waals surface area contributed by atoms with Crippen LogP contribution in [0.4, 0.5) is 0 Å². The van der Waals surface area contributed by atoms with Crippen LogP contribution in [0.2, 0.25) is 25.7 Å². The van der Waals surface area contributed by atoms with Crippen molar-refractivity contribution in [2.24, 2.45) is 0 Å². The van der Waals surface area contributed by atoms with Crippen molar-refractivity contribution in [3.8, 4) is 0 Å². The zero-order valence-corrected chi connectivity index (χ0v) is 20.8. The molecule has 1 rings (SSSR count). The van der Waals surface area contributed by atoms with Crippen LogP contribution >= 0.6 is 0 Å². The number of rotatable bonds is 11. The Bertz CT molecular complexity index is 869. The van der Waals surface area contributed by atoms with Crippen LogP contribution in [0, 0.1) is 0 Å². The minimum Gasteiger partial charge on any atom is -0.426 e. The lowest BCUT2D eigenvalue weighted by Crippen LogP contribution is -2.29. The molecule has 0 amide bonds. The predicted molar refractivity (Wildman–Crippen MR) is 122 cm³/mol. The van der Waals surface area contributed by atoms with E-state index in [9.17, 15) is 18.0 Å². The van der Waals surface area contributed by atoms with E-state index in [1.54, 1.807) is 37.3 Å². The summed E-state index contributed by atoms with van der Waals surface area (Å²) >= 11 is 0. The molecule has 0 fully saturated rings. The average molecular weight is 455 g/mol. The fourth-order valence-corrected chi connectivity index (χ4v) is 4.03. The Labute approximate surface area is 181 Å². The Balaban J connectivity index is 3.31. The molecule has 0 unspecified atom stereocenters. The average Bonchev–Trinajstić information content (AvgIpc) is 2.62. The van der Waals surface area contributed by atoms with E-state index in [1.165, 1.54) is 13.8 Å². The van der Waals surface area contributed by atoms with Crippen LogP contribution in [0.15, 0.2) is 41.7 Å². The van der Waals surface area contributed by atoms with Crippen molar-refractivity contribution in [3.63, 3.8) is 0 Å². The molecule has 0 aliphatic carbocycles. The Morgan fingerprint density at radius 1 is 1.07 bits per heavy atom. The zero-order valence-electron chi connectivity index (χ0n) is 19.0. The fourth-order valence-electron chi connectivity index (χ4n) is 2.68. The molecule has 0 heterocycles. The van der Waals surface area contributed by atoms with Crippen molar-refractivity contribution in [2.75, 3.05) is 12.9 Å². The van der Waals surface area contributed by atoms with Gasteiger partial charge in [0.2, 0.25) is 0 Å². The van der Waals surface area contributed by atoms with E-state index < -0.39 is 35.2 Å². The Morgan fingerprint density at radius 3 is 2.10 bits per heavy atom. The third-order valence-corrected chi connectivity index (χ3v) is 7.94. The molecular formula is C22H34O6SSi. The summed E-state index contributed by atoms with van der Waals surface area (Å²) in [6.45, 7) is 11.7. The smallest absolute Gasteiger partial charge is 0.343 e. The number of ketones is 1. The van der Waals surface area contributed by atoms with Gasteiger partial charge in [0.1, 0.15) is 16.8 Å². The molecule has 6 nitrogen and oxygen atoms in total. The van der Waals surface area contributed by atoms with Crippen LogP contribution in [0.3, 0.4) is 0 Å². The minimum atomic E-state index is -3.55. The van der Waals surface area contributed by atoms with Crippen molar-refractivity contribution in [3.05, 3.63) is 47.2 Å². The highest BCUT2D eigenvalue weighted by Gasteiger charge is 2.30. The minimum absolute atomic E-state index is 0.0191. The molecule has 0 bridgehead atoms. The second-order valence-electron chi connectivity index (χ2n) is 8.85. The first-order chi connectivity index (χ1) is 13.7. The molecule has 1 aromatic rings. The van der Waals surface area contributed by atoms with Crippen molar-refractivity contribution in [1.82, 2.24) is 0 Å². The van der Waals surface area contributed by atoms with Gasteiger partial charge < -0.3 is 9.47 Å². The lowest BCUT2D eigenvalue weighted by molar-refractivity contribution is -0.119. The molecule has 0 N–H and O–H groups in total. The van der Waals surface area contributed by atoms with Crippen LogP contribution in [-0.2, 0) is 24.1 Å². The Morgan fingerprint density at radius 2 is 1.63 bits per heavy atom. The van der Waals surface area contributed by atoms with Gasteiger partial charge in [-0.05, 0) is 44.5 Å². The molecule has 1 aromatic carbocycles. The second-order valence-corrected chi connectivity index (χ2v) is 16.8. The lowest BCUT2D eigenvalue weighted by atomic mass is 10.0. The third kappa shape index (κ3) is 8.93. The fraction of sp³-hybridized carbons (Fsp3) is 0.545. The van der Waals surface area contributed by atoms with E-state index in [1.807, 2.05) is 0 Å². The molecule has 0 aromatic heterocycles. The highest BCUT2D eigenvalue weighted by atomic mass is 32.2. The van der Waals surface area contributed by atoms with Crippen LogP contribution in [-0.4, -0.2) is 52.5 Å². The van der Waals surface area contributed by atoms with Gasteiger partial charge in [-0.2, -0.15) is 0 Å². The standard InChI is InChI=1S/C22H34O6SSi/c1-16(23)15-20(27-13-14-30(5,6)7)17(2)21(18(3)29(4,25)26)28-22(24)19-11-9-8-10-12-19/h8-12,18,20H,13-15H2,1-7H3/b21-17-/t18-,20+/m0/s1. The van der Waals surface area contributed by atoms with Crippen molar-refractivity contribution in [2.45, 2.75) is 64.2 Å². The predicted octanol–water partition coefficient (Wildman–Crippen LogP) is 4.25. The van der Waals surface area contributed by atoms with Crippen molar-refractivity contribution < 1.29 is 27.5 Å². The number of ether oxygens (including phenoxy) is 2. The highest BCUT2D eigenvalue weighted by molar-refractivity contribution is 7.91. The van der Waals surface area contributed by atoms with Crippen molar-refractivity contribution in [1.29, 1.82) is 0 Å². The molecule has 0 saturated carbocycles. The van der Waals surface area contributed by atoms with Gasteiger partial charge in [0.15, 0.2) is 9.84 Å². The largest absolute Gasteiger partial charge is 0.426 e. The molecule has 0 spiro atoms. The Kier molecular flexibility index (Phi) is 9.65. The van der Waals surface area contributed by atoms with E-state index >= 15 is 0 Å². The number of esters is 1. The number of hydrogen-bond acceptors (Lipinski definition) is 6. The van der Waals surface area contributed by atoms with Gasteiger partial charge in [-0.1, -0.05) is 37.8 Å². The van der Waals surface area contributed by atoms with Crippen LogP contribution < -0.4 is 0 Å². The molecule has 2 atom stereocenters. The van der Waals surface area contributed by atoms with E-state index in [0.717, 1.165) is 12.3 Å². The van der Waals surface area contributed by atoms with Gasteiger partial charge in [-0.15, -0.1) is 0 Å². The Hall–Kier alpha value is -1.77. The van der Waals surface area contributed by atoms with Gasteiger partial charge in [0.25, 0.3) is 0 Å². The zero-order chi connectivity index (χ0) is 23.1. The molecule has 168 valence electrons. The SMILES string of the molecule is CC(=O)C[C@@H](OCC[Si](C)(C)C)/C(C)=C(\OC(=O)c1ccccc1)[C@H](C)S(C)(=O)=O. The maximum Gasteiger partial charge on any atom is 0.343 e. The van der Waals surface area contributed by atoms with E-state index in [-0.39, 0.29) is 18.0 Å². The van der Waals surface area contributed by atoms with Gasteiger partial charge in [0.05, 0.1) is 11.7 Å². The maximum absolute atomic E-state index is 12.6. The summed E-state index contributed by atoms with van der Waals surface area (Å²) in [4.78, 5) is 24.5. The van der Waals surface area contributed by atoms with Gasteiger partial charge in [0, 0.05) is 27.4 Å². The van der Waals surface area contributed by atoms with Gasteiger partial charge in [-0.25, -0.2) is 13.2 Å². The van der Waals surface area contributed by atoms with Crippen LogP contribution in [0.1, 0.15) is 37.6 Å². The first-order valence-electron chi connectivity index (χ1n) is 10.00. The van der Waals surface area contributed by atoms with Crippen molar-refractivity contribution >= 4 is 29.7 Å². The molecule has 0 aliphatic rings. The first kappa shape index (κ1) is 26.3. The summed E-state index contributed by atoms with van der Waals surface area (Å²) in [6, 6.07) is 9.26. The molecular weight excluding hydrogens is 420 g/mol.